The average Bonchev–Trinajstić information content (AvgIpc) is 3.04. The topological polar surface area (TPSA) is 91.7 Å². The van der Waals surface area contributed by atoms with E-state index in [0.29, 0.717) is 48.6 Å². The molecule has 1 aromatic carbocycles. The Morgan fingerprint density at radius 3 is 2.29 bits per heavy atom. The zero-order valence-electron chi connectivity index (χ0n) is 15.8. The first-order valence-corrected chi connectivity index (χ1v) is 9.86. The van der Waals surface area contributed by atoms with Gasteiger partial charge >= 0.3 is 0 Å². The second kappa shape index (κ2) is 8.60. The summed E-state index contributed by atoms with van der Waals surface area (Å²) in [7, 11) is 0. The second-order valence-corrected chi connectivity index (χ2v) is 7.76. The van der Waals surface area contributed by atoms with Gasteiger partial charge in [-0.25, -0.2) is 0 Å². The monoisotopic (exact) mass is 447 g/mol. The Kier molecular flexibility index (Phi) is 6.18. The van der Waals surface area contributed by atoms with Crippen molar-refractivity contribution < 1.29 is 18.8 Å². The fourth-order valence-corrected chi connectivity index (χ4v) is 3.53. The van der Waals surface area contributed by atoms with Crippen LogP contribution < -0.4 is 10.9 Å². The van der Waals surface area contributed by atoms with Crippen LogP contribution in [-0.2, 0) is 4.79 Å². The quantitative estimate of drug-likeness (QED) is 0.707. The van der Waals surface area contributed by atoms with E-state index < -0.39 is 5.91 Å². The molecule has 1 aromatic heterocycles. The Hall–Kier alpha value is -2.61. The minimum atomic E-state index is -0.412. The molecular formula is C20H22BrN3O4. The molecule has 148 valence electrons. The van der Waals surface area contributed by atoms with E-state index in [-0.39, 0.29) is 17.7 Å². The third-order valence-electron chi connectivity index (χ3n) is 4.83. The molecular weight excluding hydrogens is 426 g/mol. The molecule has 2 heterocycles. The number of carbonyl (C=O) groups excluding carboxylic acids is 3. The summed E-state index contributed by atoms with van der Waals surface area (Å²) in [6.07, 6.45) is 1.10. The van der Waals surface area contributed by atoms with E-state index in [1.165, 1.54) is 0 Å². The largest absolute Gasteiger partial charge is 0.466 e. The molecule has 1 aliphatic rings. The molecule has 0 spiro atoms. The first kappa shape index (κ1) is 20.1. The molecule has 1 aliphatic heterocycles. The van der Waals surface area contributed by atoms with E-state index in [2.05, 4.69) is 26.8 Å². The van der Waals surface area contributed by atoms with Crippen molar-refractivity contribution >= 4 is 33.7 Å². The third kappa shape index (κ3) is 4.62. The molecule has 3 rings (SSSR count). The van der Waals surface area contributed by atoms with Crippen LogP contribution in [0.2, 0.25) is 0 Å². The SMILES string of the molecule is Cc1cc(C(=O)NNC(=O)C2CCN(C(=O)c3ccc(Br)cc3)CC2)c(C)o1. The molecule has 0 bridgehead atoms. The van der Waals surface area contributed by atoms with Crippen LogP contribution in [0, 0.1) is 19.8 Å². The van der Waals surface area contributed by atoms with Crippen molar-refractivity contribution in [3.63, 3.8) is 0 Å². The summed E-state index contributed by atoms with van der Waals surface area (Å²) in [5, 5.41) is 0. The predicted octanol–water partition coefficient (Wildman–Crippen LogP) is 2.97. The number of furan rings is 1. The summed E-state index contributed by atoms with van der Waals surface area (Å²) in [5.74, 6) is 0.195. The number of carbonyl (C=O) groups is 3. The molecule has 8 heteroatoms. The number of benzene rings is 1. The molecule has 1 fully saturated rings. The highest BCUT2D eigenvalue weighted by molar-refractivity contribution is 9.10. The van der Waals surface area contributed by atoms with Gasteiger partial charge in [0.2, 0.25) is 5.91 Å². The van der Waals surface area contributed by atoms with Crippen LogP contribution in [0.15, 0.2) is 39.2 Å². The molecule has 2 N–H and O–H groups in total. The zero-order valence-corrected chi connectivity index (χ0v) is 17.3. The van der Waals surface area contributed by atoms with E-state index in [9.17, 15) is 14.4 Å². The van der Waals surface area contributed by atoms with Crippen molar-refractivity contribution in [1.29, 1.82) is 0 Å². The first-order valence-electron chi connectivity index (χ1n) is 9.07. The smallest absolute Gasteiger partial charge is 0.273 e. The Bertz CT molecular complexity index is 883. The summed E-state index contributed by atoms with van der Waals surface area (Å²) in [4.78, 5) is 38.8. The highest BCUT2D eigenvalue weighted by atomic mass is 79.9. The summed E-state index contributed by atoms with van der Waals surface area (Å²) >= 11 is 3.35. The van der Waals surface area contributed by atoms with Crippen molar-refractivity contribution in [3.05, 3.63) is 57.5 Å². The van der Waals surface area contributed by atoms with Gasteiger partial charge in [0.1, 0.15) is 11.5 Å². The number of likely N-dealkylation sites (tertiary alicyclic amines) is 1. The molecule has 3 amide bonds. The van der Waals surface area contributed by atoms with E-state index in [1.54, 1.807) is 36.9 Å². The van der Waals surface area contributed by atoms with Crippen molar-refractivity contribution in [3.8, 4) is 0 Å². The Balaban J connectivity index is 1.48. The molecule has 1 saturated heterocycles. The van der Waals surface area contributed by atoms with Crippen LogP contribution in [0.4, 0.5) is 0 Å². The van der Waals surface area contributed by atoms with E-state index in [4.69, 9.17) is 4.42 Å². The lowest BCUT2D eigenvalue weighted by molar-refractivity contribution is -0.127. The Morgan fingerprint density at radius 2 is 1.71 bits per heavy atom. The lowest BCUT2D eigenvalue weighted by Gasteiger charge is -2.31. The van der Waals surface area contributed by atoms with Crippen molar-refractivity contribution in [2.24, 2.45) is 5.92 Å². The Morgan fingerprint density at radius 1 is 1.07 bits per heavy atom. The highest BCUT2D eigenvalue weighted by Crippen LogP contribution is 2.20. The maximum Gasteiger partial charge on any atom is 0.273 e. The van der Waals surface area contributed by atoms with Gasteiger partial charge in [0.05, 0.1) is 5.56 Å². The minimum absolute atomic E-state index is 0.0366. The molecule has 2 aromatic rings. The number of hydrazine groups is 1. The first-order chi connectivity index (χ1) is 13.3. The van der Waals surface area contributed by atoms with Crippen molar-refractivity contribution in [2.45, 2.75) is 26.7 Å². The molecule has 0 atom stereocenters. The molecule has 28 heavy (non-hydrogen) atoms. The van der Waals surface area contributed by atoms with Crippen LogP contribution in [0.3, 0.4) is 0 Å². The number of hydrogen-bond donors (Lipinski definition) is 2. The molecule has 0 saturated carbocycles. The number of nitrogens with one attached hydrogen (secondary N) is 2. The minimum Gasteiger partial charge on any atom is -0.466 e. The maximum absolute atomic E-state index is 12.5. The van der Waals surface area contributed by atoms with Crippen LogP contribution in [0.25, 0.3) is 0 Å². The lowest BCUT2D eigenvalue weighted by atomic mass is 9.95. The number of aryl methyl sites for hydroxylation is 2. The Labute approximate surface area is 171 Å². The van der Waals surface area contributed by atoms with Gasteiger partial charge in [-0.15, -0.1) is 0 Å². The standard InChI is InChI=1S/C20H22BrN3O4/c1-12-11-17(13(2)28-12)19(26)23-22-18(25)14-7-9-24(10-8-14)20(27)15-3-5-16(21)6-4-15/h3-6,11,14H,7-10H2,1-2H3,(H,22,25)(H,23,26). The number of hydrogen-bond acceptors (Lipinski definition) is 4. The number of nitrogens with zero attached hydrogens (tertiary/aromatic N) is 1. The highest BCUT2D eigenvalue weighted by Gasteiger charge is 2.28. The summed E-state index contributed by atoms with van der Waals surface area (Å²) in [5.41, 5.74) is 5.94. The van der Waals surface area contributed by atoms with Gasteiger partial charge in [-0.1, -0.05) is 15.9 Å². The second-order valence-electron chi connectivity index (χ2n) is 6.84. The van der Waals surface area contributed by atoms with Gasteiger partial charge in [-0.2, -0.15) is 0 Å². The maximum atomic E-state index is 12.5. The summed E-state index contributed by atoms with van der Waals surface area (Å²) in [6, 6.07) is 8.85. The lowest BCUT2D eigenvalue weighted by Crippen LogP contribution is -2.48. The van der Waals surface area contributed by atoms with Crippen molar-refractivity contribution in [1.82, 2.24) is 15.8 Å². The zero-order chi connectivity index (χ0) is 20.3. The summed E-state index contributed by atoms with van der Waals surface area (Å²) < 4.78 is 6.24. The van der Waals surface area contributed by atoms with E-state index in [0.717, 1.165) is 4.47 Å². The van der Waals surface area contributed by atoms with Crippen LogP contribution in [-0.4, -0.2) is 35.7 Å². The normalized spacial score (nSPS) is 14.6. The van der Waals surface area contributed by atoms with Gasteiger partial charge in [0.25, 0.3) is 11.8 Å². The number of rotatable bonds is 3. The van der Waals surface area contributed by atoms with Crippen molar-refractivity contribution in [2.75, 3.05) is 13.1 Å². The summed E-state index contributed by atoms with van der Waals surface area (Å²) in [6.45, 7) is 4.45. The third-order valence-corrected chi connectivity index (χ3v) is 5.36. The van der Waals surface area contributed by atoms with Gasteiger partial charge in [0, 0.05) is 29.0 Å². The van der Waals surface area contributed by atoms with Crippen LogP contribution in [0.5, 0.6) is 0 Å². The van der Waals surface area contributed by atoms with Crippen LogP contribution >= 0.6 is 15.9 Å². The fourth-order valence-electron chi connectivity index (χ4n) is 3.26. The van der Waals surface area contributed by atoms with Gasteiger partial charge in [0.15, 0.2) is 0 Å². The molecule has 7 nitrogen and oxygen atoms in total. The molecule has 0 aliphatic carbocycles. The van der Waals surface area contributed by atoms with E-state index >= 15 is 0 Å². The number of piperidine rings is 1. The predicted molar refractivity (Wildman–Crippen MR) is 107 cm³/mol. The van der Waals surface area contributed by atoms with E-state index in [1.807, 2.05) is 12.1 Å². The average molecular weight is 448 g/mol. The molecule has 0 radical (unpaired) electrons. The van der Waals surface area contributed by atoms with Gasteiger partial charge < -0.3 is 9.32 Å². The van der Waals surface area contributed by atoms with Gasteiger partial charge in [-0.05, 0) is 57.0 Å². The van der Waals surface area contributed by atoms with Crippen LogP contribution in [0.1, 0.15) is 45.1 Å². The van der Waals surface area contributed by atoms with Gasteiger partial charge in [-0.3, -0.25) is 25.2 Å². The number of amides is 3. The number of halogens is 1. The fraction of sp³-hybridized carbons (Fsp3) is 0.350. The molecule has 0 unspecified atom stereocenters.